The highest BCUT2D eigenvalue weighted by atomic mass is 16.5. The maximum atomic E-state index is 12.8. The third-order valence-electron chi connectivity index (χ3n) is 4.81. The highest BCUT2D eigenvalue weighted by Gasteiger charge is 2.23. The molecule has 0 aliphatic carbocycles. The zero-order valence-electron chi connectivity index (χ0n) is 16.7. The van der Waals surface area contributed by atoms with Crippen LogP contribution in [0.3, 0.4) is 0 Å². The molecule has 30 heavy (non-hydrogen) atoms. The molecule has 1 atom stereocenters. The van der Waals surface area contributed by atoms with Gasteiger partial charge in [0.2, 0.25) is 5.78 Å². The molecule has 0 bridgehead atoms. The number of fused-ring (bicyclic) bond motifs is 1. The van der Waals surface area contributed by atoms with Crippen molar-refractivity contribution in [2.75, 3.05) is 7.11 Å². The second-order valence-corrected chi connectivity index (χ2v) is 6.77. The van der Waals surface area contributed by atoms with Gasteiger partial charge >= 0.3 is 0 Å². The first-order chi connectivity index (χ1) is 14.5. The zero-order valence-corrected chi connectivity index (χ0v) is 16.7. The molecule has 0 aliphatic heterocycles. The van der Waals surface area contributed by atoms with E-state index in [-0.39, 0.29) is 17.2 Å². The third-order valence-corrected chi connectivity index (χ3v) is 4.81. The minimum Gasteiger partial charge on any atom is -0.497 e. The molecule has 1 N–H and O–H groups in total. The molecular weight excluding hydrogens is 384 g/mol. The summed E-state index contributed by atoms with van der Waals surface area (Å²) in [4.78, 5) is 33.7. The summed E-state index contributed by atoms with van der Waals surface area (Å²) in [5, 5.41) is 7.05. The molecule has 1 aromatic carbocycles. The van der Waals surface area contributed by atoms with E-state index in [2.05, 4.69) is 20.4 Å². The second kappa shape index (κ2) is 7.78. The van der Waals surface area contributed by atoms with Crippen molar-refractivity contribution in [2.45, 2.75) is 13.0 Å². The molecule has 0 spiro atoms. The van der Waals surface area contributed by atoms with E-state index in [0.717, 1.165) is 17.0 Å². The first kappa shape index (κ1) is 19.3. The fourth-order valence-corrected chi connectivity index (χ4v) is 3.17. The number of carbonyl (C=O) groups is 2. The van der Waals surface area contributed by atoms with E-state index in [0.29, 0.717) is 5.65 Å². The number of hydrogen-bond donors (Lipinski definition) is 1. The Hall–Kier alpha value is -4.01. The van der Waals surface area contributed by atoms with E-state index >= 15 is 0 Å². The van der Waals surface area contributed by atoms with E-state index in [9.17, 15) is 9.59 Å². The Morgan fingerprint density at radius 1 is 1.10 bits per heavy atom. The number of benzene rings is 1. The third kappa shape index (κ3) is 3.41. The van der Waals surface area contributed by atoms with Crippen LogP contribution in [0.2, 0.25) is 0 Å². The average molecular weight is 404 g/mol. The van der Waals surface area contributed by atoms with Gasteiger partial charge in [0.05, 0.1) is 25.0 Å². The number of Topliss-reactive ketones (excluding diaryl/α,β-unsaturated/α-hetero) is 1. The Balaban J connectivity index is 1.61. The second-order valence-electron chi connectivity index (χ2n) is 6.77. The van der Waals surface area contributed by atoms with Gasteiger partial charge in [0.1, 0.15) is 11.3 Å². The number of methoxy groups -OCH3 is 1. The minimum absolute atomic E-state index is 0.279. The lowest BCUT2D eigenvalue weighted by atomic mass is 10.1. The van der Waals surface area contributed by atoms with Gasteiger partial charge < -0.3 is 14.6 Å². The molecule has 3 heterocycles. The quantitative estimate of drug-likeness (QED) is 0.494. The van der Waals surface area contributed by atoms with Crippen LogP contribution in [0.5, 0.6) is 5.75 Å². The maximum absolute atomic E-state index is 12.8. The number of hydrogen-bond acceptors (Lipinski definition) is 6. The van der Waals surface area contributed by atoms with Crippen LogP contribution >= 0.6 is 0 Å². The van der Waals surface area contributed by atoms with Gasteiger partial charge in [0.25, 0.3) is 5.91 Å². The molecule has 0 radical (unpaired) electrons. The van der Waals surface area contributed by atoms with Crippen molar-refractivity contribution in [3.63, 3.8) is 0 Å². The normalized spacial score (nSPS) is 12.0. The van der Waals surface area contributed by atoms with Gasteiger partial charge in [-0.3, -0.25) is 9.59 Å². The Bertz CT molecular complexity index is 1230. The largest absolute Gasteiger partial charge is 0.497 e. The summed E-state index contributed by atoms with van der Waals surface area (Å²) in [5.74, 6) is 0.317. The van der Waals surface area contributed by atoms with E-state index < -0.39 is 11.9 Å². The Labute approximate surface area is 172 Å². The molecule has 0 aliphatic rings. The molecule has 9 nitrogen and oxygen atoms in total. The van der Waals surface area contributed by atoms with Crippen molar-refractivity contribution in [3.8, 4) is 17.0 Å². The number of amides is 1. The van der Waals surface area contributed by atoms with Crippen LogP contribution in [0.4, 0.5) is 0 Å². The average Bonchev–Trinajstić information content (AvgIpc) is 3.39. The van der Waals surface area contributed by atoms with Crippen molar-refractivity contribution in [1.82, 2.24) is 29.5 Å². The number of nitrogens with zero attached hydrogens (tertiary/aromatic N) is 5. The molecule has 4 rings (SSSR count). The highest BCUT2D eigenvalue weighted by molar-refractivity contribution is 6.04. The van der Waals surface area contributed by atoms with Gasteiger partial charge in [0, 0.05) is 31.2 Å². The Kier molecular flexibility index (Phi) is 5.01. The molecule has 1 amide bonds. The highest BCUT2D eigenvalue weighted by Crippen LogP contribution is 2.23. The number of nitrogens with one attached hydrogen (secondary N) is 1. The molecule has 152 valence electrons. The SMILES string of the molecule is COc1ccc(-c2ccnc3c(C(=O)N[C@@H](C)C(=O)c4nccn4C)cnn23)cc1. The molecule has 4 aromatic rings. The van der Waals surface area contributed by atoms with Gasteiger partial charge in [-0.05, 0) is 37.3 Å². The first-order valence-electron chi connectivity index (χ1n) is 9.29. The number of imidazole rings is 1. The smallest absolute Gasteiger partial charge is 0.257 e. The predicted octanol–water partition coefficient (Wildman–Crippen LogP) is 2.14. The fraction of sp³-hybridized carbons (Fsp3) is 0.190. The molecule has 0 fully saturated rings. The maximum Gasteiger partial charge on any atom is 0.257 e. The Morgan fingerprint density at radius 3 is 2.53 bits per heavy atom. The molecule has 9 heteroatoms. The number of rotatable bonds is 6. The van der Waals surface area contributed by atoms with Gasteiger partial charge in [-0.25, -0.2) is 14.5 Å². The molecule has 0 saturated carbocycles. The standard InChI is InChI=1S/C21H20N6O3/c1-13(18(28)20-23-10-11-26(20)2)25-21(29)16-12-24-27-17(8-9-22-19(16)27)14-4-6-15(30-3)7-5-14/h4-13H,1-3H3,(H,25,29)/t13-/m0/s1. The van der Waals surface area contributed by atoms with Crippen molar-refractivity contribution < 1.29 is 14.3 Å². The number of aryl methyl sites for hydroxylation is 1. The summed E-state index contributed by atoms with van der Waals surface area (Å²) in [5.41, 5.74) is 2.36. The van der Waals surface area contributed by atoms with Crippen LogP contribution < -0.4 is 10.1 Å². The van der Waals surface area contributed by atoms with E-state index in [1.165, 1.54) is 12.4 Å². The summed E-state index contributed by atoms with van der Waals surface area (Å²) in [6.45, 7) is 1.62. The van der Waals surface area contributed by atoms with Crippen molar-refractivity contribution in [1.29, 1.82) is 0 Å². The van der Waals surface area contributed by atoms with Crippen LogP contribution in [0.1, 0.15) is 27.9 Å². The molecule has 0 unspecified atom stereocenters. The van der Waals surface area contributed by atoms with E-state index in [4.69, 9.17) is 4.74 Å². The predicted molar refractivity (Wildman–Crippen MR) is 109 cm³/mol. The number of carbonyl (C=O) groups excluding carboxylic acids is 2. The Morgan fingerprint density at radius 2 is 1.87 bits per heavy atom. The summed E-state index contributed by atoms with van der Waals surface area (Å²) < 4.78 is 8.41. The van der Waals surface area contributed by atoms with Gasteiger partial charge in [0.15, 0.2) is 11.5 Å². The summed E-state index contributed by atoms with van der Waals surface area (Å²) in [7, 11) is 3.34. The number of aromatic nitrogens is 5. The number of ether oxygens (including phenoxy) is 1. The topological polar surface area (TPSA) is 103 Å². The lowest BCUT2D eigenvalue weighted by molar-refractivity contribution is 0.0859. The summed E-state index contributed by atoms with van der Waals surface area (Å²) in [6, 6.07) is 8.58. The zero-order chi connectivity index (χ0) is 21.3. The van der Waals surface area contributed by atoms with Gasteiger partial charge in [-0.1, -0.05) is 0 Å². The van der Waals surface area contributed by atoms with Crippen molar-refractivity contribution >= 4 is 17.3 Å². The van der Waals surface area contributed by atoms with Crippen LogP contribution in [-0.2, 0) is 7.05 Å². The van der Waals surface area contributed by atoms with Gasteiger partial charge in [-0.2, -0.15) is 5.10 Å². The van der Waals surface area contributed by atoms with E-state index in [1.807, 2.05) is 30.3 Å². The molecule has 3 aromatic heterocycles. The molecule has 0 saturated heterocycles. The van der Waals surface area contributed by atoms with Crippen LogP contribution in [0.25, 0.3) is 16.9 Å². The van der Waals surface area contributed by atoms with Crippen LogP contribution in [-0.4, -0.2) is 49.0 Å². The minimum atomic E-state index is -0.752. The van der Waals surface area contributed by atoms with E-state index in [1.54, 1.807) is 42.6 Å². The van der Waals surface area contributed by atoms with Crippen LogP contribution in [0.15, 0.2) is 55.1 Å². The summed E-state index contributed by atoms with van der Waals surface area (Å²) in [6.07, 6.45) is 6.29. The van der Waals surface area contributed by atoms with Crippen molar-refractivity contribution in [3.05, 3.63) is 66.5 Å². The lowest BCUT2D eigenvalue weighted by Crippen LogP contribution is -2.39. The van der Waals surface area contributed by atoms with Crippen molar-refractivity contribution in [2.24, 2.45) is 7.05 Å². The monoisotopic (exact) mass is 404 g/mol. The first-order valence-corrected chi connectivity index (χ1v) is 9.29. The lowest BCUT2D eigenvalue weighted by Gasteiger charge is -2.12. The molecular formula is C21H20N6O3. The number of ketones is 1. The summed E-state index contributed by atoms with van der Waals surface area (Å²) >= 11 is 0. The van der Waals surface area contributed by atoms with Crippen LogP contribution in [0, 0.1) is 0 Å². The van der Waals surface area contributed by atoms with Gasteiger partial charge in [-0.15, -0.1) is 0 Å². The fourth-order valence-electron chi connectivity index (χ4n) is 3.17.